The van der Waals surface area contributed by atoms with Gasteiger partial charge < -0.3 is 5.32 Å². The topological polar surface area (TPSA) is 107 Å². The molecule has 1 aromatic heterocycles. The summed E-state index contributed by atoms with van der Waals surface area (Å²) in [7, 11) is -2.30. The number of amides is 1. The number of hydrogen-bond donors (Lipinski definition) is 2. The van der Waals surface area contributed by atoms with Crippen LogP contribution in [0.2, 0.25) is 5.02 Å². The van der Waals surface area contributed by atoms with Gasteiger partial charge in [0.2, 0.25) is 15.9 Å². The maximum absolute atomic E-state index is 12.4. The Labute approximate surface area is 155 Å². The summed E-state index contributed by atoms with van der Waals surface area (Å²) < 4.78 is 25.3. The number of aryl methyl sites for hydroxylation is 2. The predicted octanol–water partition coefficient (Wildman–Crippen LogP) is 2.36. The molecular weight excluding hydrogens is 376 g/mol. The summed E-state index contributed by atoms with van der Waals surface area (Å²) in [6.07, 6.45) is 1.49. The lowest BCUT2D eigenvalue weighted by Crippen LogP contribution is -2.17. The van der Waals surface area contributed by atoms with Crippen LogP contribution in [0, 0.1) is 6.92 Å². The maximum atomic E-state index is 12.4. The molecule has 0 spiro atoms. The number of anilines is 1. The highest BCUT2D eigenvalue weighted by Crippen LogP contribution is 2.27. The number of hydrogen-bond acceptors (Lipinski definition) is 4. The van der Waals surface area contributed by atoms with Gasteiger partial charge in [-0.3, -0.25) is 9.48 Å². The summed E-state index contributed by atoms with van der Waals surface area (Å²) in [4.78, 5) is 12.3. The van der Waals surface area contributed by atoms with Gasteiger partial charge >= 0.3 is 0 Å². The summed E-state index contributed by atoms with van der Waals surface area (Å²) in [5.41, 5.74) is 2.54. The zero-order valence-electron chi connectivity index (χ0n) is 14.2. The van der Waals surface area contributed by atoms with Crippen molar-refractivity contribution in [3.8, 4) is 0 Å². The van der Waals surface area contributed by atoms with E-state index in [2.05, 4.69) is 10.4 Å². The molecule has 0 saturated carbocycles. The van der Waals surface area contributed by atoms with Crippen LogP contribution < -0.4 is 10.5 Å². The number of sulfonamides is 1. The number of halogens is 1. The molecule has 0 saturated heterocycles. The number of carbonyl (C=O) groups is 1. The molecule has 1 amide bonds. The van der Waals surface area contributed by atoms with E-state index in [1.807, 2.05) is 19.1 Å². The molecule has 0 bridgehead atoms. The largest absolute Gasteiger partial charge is 0.326 e. The Balaban J connectivity index is 1.94. The fourth-order valence-corrected chi connectivity index (χ4v) is 3.68. The van der Waals surface area contributed by atoms with Crippen LogP contribution in [0.3, 0.4) is 0 Å². The van der Waals surface area contributed by atoms with E-state index < -0.39 is 10.0 Å². The molecule has 0 radical (unpaired) electrons. The zero-order chi connectivity index (χ0) is 19.1. The van der Waals surface area contributed by atoms with Gasteiger partial charge in [0.05, 0.1) is 23.0 Å². The molecule has 0 aliphatic rings. The Kier molecular flexibility index (Phi) is 4.74. The number of benzene rings is 2. The quantitative estimate of drug-likeness (QED) is 0.710. The van der Waals surface area contributed by atoms with E-state index in [9.17, 15) is 13.2 Å². The van der Waals surface area contributed by atoms with E-state index in [0.29, 0.717) is 27.2 Å². The Bertz CT molecular complexity index is 1120. The van der Waals surface area contributed by atoms with E-state index in [1.165, 1.54) is 16.9 Å². The molecule has 3 N–H and O–H groups in total. The highest BCUT2D eigenvalue weighted by molar-refractivity contribution is 7.89. The van der Waals surface area contributed by atoms with Gasteiger partial charge in [0.15, 0.2) is 0 Å². The van der Waals surface area contributed by atoms with E-state index in [-0.39, 0.29) is 17.2 Å². The van der Waals surface area contributed by atoms with Crippen LogP contribution in [0.1, 0.15) is 11.1 Å². The molecular formula is C17H17ClN4O3S. The molecule has 7 nitrogen and oxygen atoms in total. The van der Waals surface area contributed by atoms with Crippen LogP contribution in [0.15, 0.2) is 41.4 Å². The molecule has 136 valence electrons. The van der Waals surface area contributed by atoms with Crippen molar-refractivity contribution in [2.75, 3.05) is 5.32 Å². The van der Waals surface area contributed by atoms with Crippen molar-refractivity contribution in [2.45, 2.75) is 18.2 Å². The van der Waals surface area contributed by atoms with Crippen molar-refractivity contribution in [1.82, 2.24) is 9.78 Å². The first-order valence-corrected chi connectivity index (χ1v) is 9.61. The third-order valence-electron chi connectivity index (χ3n) is 3.97. The second-order valence-corrected chi connectivity index (χ2v) is 7.98. The van der Waals surface area contributed by atoms with Gasteiger partial charge in [-0.05, 0) is 30.7 Å². The lowest BCUT2D eigenvalue weighted by atomic mass is 10.1. The Morgan fingerprint density at radius 3 is 2.73 bits per heavy atom. The van der Waals surface area contributed by atoms with Gasteiger partial charge in [-0.2, -0.15) is 5.10 Å². The molecule has 0 fully saturated rings. The first kappa shape index (κ1) is 18.4. The normalized spacial score (nSPS) is 11.7. The molecule has 1 heterocycles. The maximum Gasteiger partial charge on any atom is 0.238 e. The van der Waals surface area contributed by atoms with Crippen molar-refractivity contribution in [1.29, 1.82) is 0 Å². The minimum absolute atomic E-state index is 0.0641. The van der Waals surface area contributed by atoms with Crippen LogP contribution in [-0.4, -0.2) is 24.1 Å². The van der Waals surface area contributed by atoms with Crippen molar-refractivity contribution in [2.24, 2.45) is 12.2 Å². The molecule has 0 aliphatic heterocycles. The average molecular weight is 393 g/mol. The van der Waals surface area contributed by atoms with Crippen LogP contribution in [0.4, 0.5) is 5.69 Å². The summed E-state index contributed by atoms with van der Waals surface area (Å²) >= 11 is 6.13. The molecule has 0 atom stereocenters. The van der Waals surface area contributed by atoms with Crippen LogP contribution in [0.25, 0.3) is 10.9 Å². The standard InChI is InChI=1S/C17H17ClN4O3S/c1-10-3-4-14(18)11(5-10)6-17(23)21-12-7-15-13(9-20-22(15)2)16(8-12)26(19,24)25/h3-5,7-9H,6H2,1-2H3,(H,21,23)(H2,19,24,25). The number of primary sulfonamides is 1. The van der Waals surface area contributed by atoms with Crippen molar-refractivity contribution >= 4 is 44.1 Å². The van der Waals surface area contributed by atoms with E-state index in [4.69, 9.17) is 16.7 Å². The van der Waals surface area contributed by atoms with Crippen molar-refractivity contribution in [3.63, 3.8) is 0 Å². The highest BCUT2D eigenvalue weighted by atomic mass is 35.5. The SMILES string of the molecule is Cc1ccc(Cl)c(CC(=O)Nc2cc(S(N)(=O)=O)c3cnn(C)c3c2)c1. The van der Waals surface area contributed by atoms with Gasteiger partial charge in [-0.25, -0.2) is 13.6 Å². The number of nitrogens with zero attached hydrogens (tertiary/aromatic N) is 2. The first-order chi connectivity index (χ1) is 12.1. The molecule has 0 unspecified atom stereocenters. The minimum Gasteiger partial charge on any atom is -0.326 e. The lowest BCUT2D eigenvalue weighted by molar-refractivity contribution is -0.115. The van der Waals surface area contributed by atoms with Crippen molar-refractivity contribution < 1.29 is 13.2 Å². The van der Waals surface area contributed by atoms with Crippen LogP contribution in [0.5, 0.6) is 0 Å². The highest BCUT2D eigenvalue weighted by Gasteiger charge is 2.18. The van der Waals surface area contributed by atoms with Gasteiger partial charge in [-0.1, -0.05) is 29.3 Å². The zero-order valence-corrected chi connectivity index (χ0v) is 15.7. The Morgan fingerprint density at radius 2 is 2.04 bits per heavy atom. The second kappa shape index (κ2) is 6.71. The fourth-order valence-electron chi connectivity index (χ4n) is 2.74. The van der Waals surface area contributed by atoms with Gasteiger partial charge in [0, 0.05) is 23.1 Å². The molecule has 3 rings (SSSR count). The smallest absolute Gasteiger partial charge is 0.238 e. The summed E-state index contributed by atoms with van der Waals surface area (Å²) in [6, 6.07) is 8.41. The number of nitrogens with one attached hydrogen (secondary N) is 1. The van der Waals surface area contributed by atoms with Crippen LogP contribution >= 0.6 is 11.6 Å². The van der Waals surface area contributed by atoms with E-state index >= 15 is 0 Å². The summed E-state index contributed by atoms with van der Waals surface area (Å²) in [5.74, 6) is -0.320. The summed E-state index contributed by atoms with van der Waals surface area (Å²) in [5, 5.41) is 12.9. The predicted molar refractivity (Wildman–Crippen MR) is 101 cm³/mol. The van der Waals surface area contributed by atoms with Gasteiger partial charge in [0.25, 0.3) is 0 Å². The molecule has 0 aliphatic carbocycles. The van der Waals surface area contributed by atoms with Gasteiger partial charge in [0.1, 0.15) is 0 Å². The van der Waals surface area contributed by atoms with Crippen molar-refractivity contribution in [3.05, 3.63) is 52.7 Å². The fraction of sp³-hybridized carbons (Fsp3) is 0.176. The second-order valence-electron chi connectivity index (χ2n) is 6.04. The number of fused-ring (bicyclic) bond motifs is 1. The third-order valence-corrected chi connectivity index (χ3v) is 5.29. The molecule has 9 heteroatoms. The Hall–Kier alpha value is -2.42. The summed E-state index contributed by atoms with van der Waals surface area (Å²) in [6.45, 7) is 1.91. The third kappa shape index (κ3) is 3.72. The lowest BCUT2D eigenvalue weighted by Gasteiger charge is -2.10. The number of aromatic nitrogens is 2. The minimum atomic E-state index is -3.97. The average Bonchev–Trinajstić information content (AvgIpc) is 2.90. The van der Waals surface area contributed by atoms with Crippen LogP contribution in [-0.2, 0) is 28.3 Å². The molecule has 2 aromatic carbocycles. The number of carbonyl (C=O) groups excluding carboxylic acids is 1. The van der Waals surface area contributed by atoms with Gasteiger partial charge in [-0.15, -0.1) is 0 Å². The van der Waals surface area contributed by atoms with E-state index in [0.717, 1.165) is 5.56 Å². The first-order valence-electron chi connectivity index (χ1n) is 7.68. The molecule has 26 heavy (non-hydrogen) atoms. The number of rotatable bonds is 4. The monoisotopic (exact) mass is 392 g/mol. The van der Waals surface area contributed by atoms with E-state index in [1.54, 1.807) is 19.2 Å². The Morgan fingerprint density at radius 1 is 1.31 bits per heavy atom. The molecule has 3 aromatic rings. The number of nitrogens with two attached hydrogens (primary N) is 1.